The van der Waals surface area contributed by atoms with Crippen molar-refractivity contribution >= 4 is 6.09 Å². The minimum absolute atomic E-state index is 0.313. The van der Waals surface area contributed by atoms with Crippen LogP contribution in [0.15, 0.2) is 78.9 Å². The molecule has 0 spiro atoms. The van der Waals surface area contributed by atoms with Gasteiger partial charge in [0.05, 0.1) is 5.54 Å². The molecule has 1 amide bonds. The largest absolute Gasteiger partial charge is 0.413 e. The second-order valence-electron chi connectivity index (χ2n) is 6.86. The van der Waals surface area contributed by atoms with E-state index in [0.717, 1.165) is 29.5 Å². The molecular weight excluding hydrogens is 322 g/mol. The molecule has 1 saturated carbocycles. The number of rotatable bonds is 4. The highest BCUT2D eigenvalue weighted by Crippen LogP contribution is 2.46. The van der Waals surface area contributed by atoms with Crippen LogP contribution in [0.1, 0.15) is 24.0 Å². The third-order valence-electron chi connectivity index (χ3n) is 4.85. The Balaban J connectivity index is 1.50. The van der Waals surface area contributed by atoms with E-state index >= 15 is 0 Å². The highest BCUT2D eigenvalue weighted by molar-refractivity contribution is 5.73. The summed E-state index contributed by atoms with van der Waals surface area (Å²) < 4.78 is 5.43. The Morgan fingerprint density at radius 3 is 2.27 bits per heavy atom. The SMILES string of the molecule is Cc1ccc(OC(=O)NC2(c3cccc(-c4ccccc4)c3)CC2)cc1. The Hall–Kier alpha value is -3.07. The Labute approximate surface area is 153 Å². The third-order valence-corrected chi connectivity index (χ3v) is 4.85. The lowest BCUT2D eigenvalue weighted by Gasteiger charge is -2.18. The van der Waals surface area contributed by atoms with Crippen molar-refractivity contribution in [3.05, 3.63) is 90.0 Å². The van der Waals surface area contributed by atoms with Gasteiger partial charge < -0.3 is 10.1 Å². The summed E-state index contributed by atoms with van der Waals surface area (Å²) >= 11 is 0. The lowest BCUT2D eigenvalue weighted by molar-refractivity contribution is 0.194. The van der Waals surface area contributed by atoms with Gasteiger partial charge >= 0.3 is 6.09 Å². The quantitative estimate of drug-likeness (QED) is 0.685. The van der Waals surface area contributed by atoms with Crippen LogP contribution >= 0.6 is 0 Å². The van der Waals surface area contributed by atoms with E-state index in [2.05, 4.69) is 35.6 Å². The van der Waals surface area contributed by atoms with Gasteiger partial charge in [-0.15, -0.1) is 0 Å². The molecule has 1 fully saturated rings. The molecule has 130 valence electrons. The van der Waals surface area contributed by atoms with Crippen molar-refractivity contribution in [1.29, 1.82) is 0 Å². The molecule has 0 heterocycles. The Morgan fingerprint density at radius 1 is 0.885 bits per heavy atom. The van der Waals surface area contributed by atoms with E-state index in [1.165, 1.54) is 5.56 Å². The van der Waals surface area contributed by atoms with E-state index in [-0.39, 0.29) is 5.54 Å². The fourth-order valence-corrected chi connectivity index (χ4v) is 3.17. The normalized spacial score (nSPS) is 14.5. The number of ether oxygens (including phenoxy) is 1. The summed E-state index contributed by atoms with van der Waals surface area (Å²) in [6, 6.07) is 26.1. The standard InChI is InChI=1S/C23H21NO2/c1-17-10-12-21(13-11-17)26-22(25)24-23(14-15-23)20-9-5-8-19(16-20)18-6-3-2-4-7-18/h2-13,16H,14-15H2,1H3,(H,24,25). The van der Waals surface area contributed by atoms with Crippen LogP contribution in [0.5, 0.6) is 5.75 Å². The van der Waals surface area contributed by atoms with Gasteiger partial charge in [-0.2, -0.15) is 0 Å². The number of amides is 1. The number of nitrogens with one attached hydrogen (secondary N) is 1. The van der Waals surface area contributed by atoms with Crippen molar-refractivity contribution < 1.29 is 9.53 Å². The van der Waals surface area contributed by atoms with Gasteiger partial charge in [-0.3, -0.25) is 0 Å². The first-order valence-electron chi connectivity index (χ1n) is 8.87. The summed E-state index contributed by atoms with van der Waals surface area (Å²) in [5.74, 6) is 0.557. The molecule has 3 aromatic carbocycles. The Morgan fingerprint density at radius 2 is 1.58 bits per heavy atom. The van der Waals surface area contributed by atoms with Crippen LogP contribution in [0.2, 0.25) is 0 Å². The minimum atomic E-state index is -0.406. The Kier molecular flexibility index (Phi) is 4.21. The average molecular weight is 343 g/mol. The van der Waals surface area contributed by atoms with Crippen LogP contribution in [0.3, 0.4) is 0 Å². The van der Waals surface area contributed by atoms with Gasteiger partial charge in [-0.05, 0) is 54.7 Å². The molecule has 1 aliphatic rings. The van der Waals surface area contributed by atoms with E-state index in [1.807, 2.05) is 55.5 Å². The molecule has 0 aliphatic heterocycles. The zero-order valence-corrected chi connectivity index (χ0v) is 14.7. The zero-order chi connectivity index (χ0) is 18.0. The number of aryl methyl sites for hydroxylation is 1. The van der Waals surface area contributed by atoms with Gasteiger partial charge in [0.1, 0.15) is 5.75 Å². The average Bonchev–Trinajstić information content (AvgIpc) is 3.45. The molecule has 26 heavy (non-hydrogen) atoms. The maximum absolute atomic E-state index is 12.3. The number of carbonyl (C=O) groups is 1. The second-order valence-corrected chi connectivity index (χ2v) is 6.86. The van der Waals surface area contributed by atoms with E-state index in [0.29, 0.717) is 5.75 Å². The van der Waals surface area contributed by atoms with E-state index in [9.17, 15) is 4.79 Å². The first-order chi connectivity index (χ1) is 12.6. The molecule has 0 bridgehead atoms. The third kappa shape index (κ3) is 3.47. The van der Waals surface area contributed by atoms with Crippen molar-refractivity contribution in [2.24, 2.45) is 0 Å². The molecule has 1 N–H and O–H groups in total. The highest BCUT2D eigenvalue weighted by Gasteiger charge is 2.46. The molecule has 0 unspecified atom stereocenters. The molecular formula is C23H21NO2. The topological polar surface area (TPSA) is 38.3 Å². The van der Waals surface area contributed by atoms with Crippen molar-refractivity contribution in [3.63, 3.8) is 0 Å². The minimum Gasteiger partial charge on any atom is -0.410 e. The molecule has 1 aliphatic carbocycles. The molecule has 3 nitrogen and oxygen atoms in total. The maximum Gasteiger partial charge on any atom is 0.413 e. The van der Waals surface area contributed by atoms with Crippen LogP contribution in [-0.2, 0) is 5.54 Å². The molecule has 3 aromatic rings. The first-order valence-corrected chi connectivity index (χ1v) is 8.87. The van der Waals surface area contributed by atoms with Crippen LogP contribution in [0, 0.1) is 6.92 Å². The molecule has 3 heteroatoms. The predicted octanol–water partition coefficient (Wildman–Crippen LogP) is 5.44. The fourth-order valence-electron chi connectivity index (χ4n) is 3.17. The summed E-state index contributed by atoms with van der Waals surface area (Å²) in [6.45, 7) is 2.00. The summed E-state index contributed by atoms with van der Waals surface area (Å²) in [6.07, 6.45) is 1.44. The Bertz CT molecular complexity index is 912. The second kappa shape index (κ2) is 6.68. The van der Waals surface area contributed by atoms with Crippen LogP contribution in [0.4, 0.5) is 4.79 Å². The van der Waals surface area contributed by atoms with Crippen molar-refractivity contribution in [3.8, 4) is 16.9 Å². The summed E-state index contributed by atoms with van der Waals surface area (Å²) in [4.78, 5) is 12.3. The number of hydrogen-bond donors (Lipinski definition) is 1. The van der Waals surface area contributed by atoms with Gasteiger partial charge in [0.2, 0.25) is 0 Å². The predicted molar refractivity (Wildman–Crippen MR) is 103 cm³/mol. The molecule has 0 radical (unpaired) electrons. The van der Waals surface area contributed by atoms with Crippen molar-refractivity contribution in [1.82, 2.24) is 5.32 Å². The summed E-state index contributed by atoms with van der Waals surface area (Å²) in [5, 5.41) is 3.06. The van der Waals surface area contributed by atoms with Crippen molar-refractivity contribution in [2.75, 3.05) is 0 Å². The first kappa shape index (κ1) is 16.4. The summed E-state index contributed by atoms with van der Waals surface area (Å²) in [5.41, 5.74) is 4.27. The fraction of sp³-hybridized carbons (Fsp3) is 0.174. The van der Waals surface area contributed by atoms with Gasteiger partial charge in [-0.1, -0.05) is 66.2 Å². The van der Waals surface area contributed by atoms with E-state index < -0.39 is 6.09 Å². The van der Waals surface area contributed by atoms with Crippen LogP contribution in [0.25, 0.3) is 11.1 Å². The van der Waals surface area contributed by atoms with Gasteiger partial charge in [0.25, 0.3) is 0 Å². The molecule has 0 atom stereocenters. The monoisotopic (exact) mass is 343 g/mol. The summed E-state index contributed by atoms with van der Waals surface area (Å²) in [7, 11) is 0. The van der Waals surface area contributed by atoms with Crippen LogP contribution < -0.4 is 10.1 Å². The van der Waals surface area contributed by atoms with Gasteiger partial charge in [0, 0.05) is 0 Å². The molecule has 0 saturated heterocycles. The molecule has 0 aromatic heterocycles. The smallest absolute Gasteiger partial charge is 0.410 e. The number of hydrogen-bond acceptors (Lipinski definition) is 2. The van der Waals surface area contributed by atoms with Crippen LogP contribution in [-0.4, -0.2) is 6.09 Å². The van der Waals surface area contributed by atoms with E-state index in [1.54, 1.807) is 0 Å². The highest BCUT2D eigenvalue weighted by atomic mass is 16.6. The maximum atomic E-state index is 12.3. The van der Waals surface area contributed by atoms with E-state index in [4.69, 9.17) is 4.74 Å². The number of benzene rings is 3. The van der Waals surface area contributed by atoms with Crippen molar-refractivity contribution in [2.45, 2.75) is 25.3 Å². The van der Waals surface area contributed by atoms with Gasteiger partial charge in [-0.25, -0.2) is 4.79 Å². The lowest BCUT2D eigenvalue weighted by atomic mass is 9.98. The lowest BCUT2D eigenvalue weighted by Crippen LogP contribution is -2.36. The zero-order valence-electron chi connectivity index (χ0n) is 14.7. The van der Waals surface area contributed by atoms with Gasteiger partial charge in [0.15, 0.2) is 0 Å². The number of carbonyl (C=O) groups excluding carboxylic acids is 1. The molecule has 4 rings (SSSR count).